The Morgan fingerprint density at radius 2 is 2.03 bits per heavy atom. The van der Waals surface area contributed by atoms with E-state index in [0.29, 0.717) is 36.8 Å². The van der Waals surface area contributed by atoms with E-state index in [1.165, 1.54) is 5.56 Å². The predicted molar refractivity (Wildman–Crippen MR) is 123 cm³/mol. The maximum absolute atomic E-state index is 12.0. The van der Waals surface area contributed by atoms with Gasteiger partial charge < -0.3 is 10.1 Å². The van der Waals surface area contributed by atoms with Crippen molar-refractivity contribution in [3.8, 4) is 17.0 Å². The molecule has 0 fully saturated rings. The second-order valence-corrected chi connectivity index (χ2v) is 8.96. The van der Waals surface area contributed by atoms with E-state index in [4.69, 9.17) is 16.3 Å². The summed E-state index contributed by atoms with van der Waals surface area (Å²) in [4.78, 5) is 16.5. The van der Waals surface area contributed by atoms with Crippen molar-refractivity contribution in [3.63, 3.8) is 0 Å². The molecule has 0 aliphatic heterocycles. The highest BCUT2D eigenvalue weighted by Crippen LogP contribution is 2.27. The Balaban J connectivity index is 1.33. The maximum Gasteiger partial charge on any atom is 0.220 e. The van der Waals surface area contributed by atoms with Gasteiger partial charge in [0, 0.05) is 28.4 Å². The molecule has 0 saturated carbocycles. The molecule has 3 rings (SSSR count). The van der Waals surface area contributed by atoms with Crippen LogP contribution in [0.4, 0.5) is 0 Å². The van der Waals surface area contributed by atoms with Crippen LogP contribution in [-0.2, 0) is 11.2 Å². The fourth-order valence-electron chi connectivity index (χ4n) is 2.78. The number of halogens is 2. The molecule has 0 aliphatic carbocycles. The number of ether oxygens (including phenoxy) is 1. The van der Waals surface area contributed by atoms with E-state index >= 15 is 0 Å². The van der Waals surface area contributed by atoms with Crippen LogP contribution in [-0.4, -0.2) is 24.0 Å². The molecule has 4 nitrogen and oxygen atoms in total. The van der Waals surface area contributed by atoms with E-state index in [2.05, 4.69) is 55.9 Å². The van der Waals surface area contributed by atoms with Gasteiger partial charge in [-0.2, -0.15) is 0 Å². The lowest BCUT2D eigenvalue weighted by molar-refractivity contribution is -0.121. The van der Waals surface area contributed by atoms with Crippen LogP contribution < -0.4 is 10.1 Å². The Labute approximate surface area is 188 Å². The first-order valence-electron chi connectivity index (χ1n) is 9.37. The minimum atomic E-state index is 0.0325. The van der Waals surface area contributed by atoms with Crippen molar-refractivity contribution >= 4 is 44.8 Å². The molecule has 7 heteroatoms. The Morgan fingerprint density at radius 3 is 2.72 bits per heavy atom. The predicted octanol–water partition coefficient (Wildman–Crippen LogP) is 6.05. The van der Waals surface area contributed by atoms with Gasteiger partial charge >= 0.3 is 0 Å². The highest BCUT2D eigenvalue weighted by atomic mass is 79.9. The quantitative estimate of drug-likeness (QED) is 0.369. The molecule has 0 atom stereocenters. The maximum atomic E-state index is 12.0. The van der Waals surface area contributed by atoms with E-state index in [1.54, 1.807) is 17.4 Å². The number of aromatic nitrogens is 1. The minimum absolute atomic E-state index is 0.0325. The Hall–Kier alpha value is -1.89. The number of nitrogens with zero attached hydrogens (tertiary/aromatic N) is 1. The number of nitrogens with one attached hydrogen (secondary N) is 1. The smallest absolute Gasteiger partial charge is 0.220 e. The number of hydrogen-bond donors (Lipinski definition) is 1. The summed E-state index contributed by atoms with van der Waals surface area (Å²) in [6.07, 6.45) is 1.86. The van der Waals surface area contributed by atoms with Crippen molar-refractivity contribution < 1.29 is 9.53 Å². The number of carbonyl (C=O) groups excluding carboxylic acids is 1. The van der Waals surface area contributed by atoms with Gasteiger partial charge in [-0.05, 0) is 43.5 Å². The van der Waals surface area contributed by atoms with E-state index in [1.807, 2.05) is 19.1 Å². The largest absolute Gasteiger partial charge is 0.492 e. The lowest BCUT2D eigenvalue weighted by Gasteiger charge is -2.09. The summed E-state index contributed by atoms with van der Waals surface area (Å²) in [6, 6.07) is 13.8. The highest BCUT2D eigenvalue weighted by molar-refractivity contribution is 9.10. The monoisotopic (exact) mass is 492 g/mol. The Bertz CT molecular complexity index is 960. The van der Waals surface area contributed by atoms with Crippen LogP contribution in [0.1, 0.15) is 23.4 Å². The fourth-order valence-corrected chi connectivity index (χ4v) is 4.13. The molecular weight excluding hydrogens is 472 g/mol. The lowest BCUT2D eigenvalue weighted by atomic mass is 10.1. The fraction of sp³-hybridized carbons (Fsp3) is 0.273. The molecule has 0 radical (unpaired) electrons. The SMILES string of the molecule is Cc1nc(-c2ccc(CCNC(=O)CCCOc3ccc(Br)cc3Cl)cc2)cs1. The summed E-state index contributed by atoms with van der Waals surface area (Å²) in [5.74, 6) is 0.664. The zero-order chi connectivity index (χ0) is 20.6. The topological polar surface area (TPSA) is 51.2 Å². The van der Waals surface area contributed by atoms with Gasteiger partial charge in [-0.25, -0.2) is 4.98 Å². The molecule has 1 aromatic heterocycles. The van der Waals surface area contributed by atoms with E-state index in [-0.39, 0.29) is 5.91 Å². The van der Waals surface area contributed by atoms with Crippen LogP contribution in [0.25, 0.3) is 11.3 Å². The zero-order valence-electron chi connectivity index (χ0n) is 16.1. The highest BCUT2D eigenvalue weighted by Gasteiger charge is 2.05. The Morgan fingerprint density at radius 1 is 1.24 bits per heavy atom. The molecule has 29 heavy (non-hydrogen) atoms. The molecule has 0 bridgehead atoms. The first-order chi connectivity index (χ1) is 14.0. The second kappa shape index (κ2) is 10.8. The zero-order valence-corrected chi connectivity index (χ0v) is 19.2. The van der Waals surface area contributed by atoms with Crippen molar-refractivity contribution in [1.82, 2.24) is 10.3 Å². The van der Waals surface area contributed by atoms with Crippen molar-refractivity contribution in [2.45, 2.75) is 26.2 Å². The third-order valence-corrected chi connectivity index (χ3v) is 5.87. The van der Waals surface area contributed by atoms with Gasteiger partial charge in [-0.15, -0.1) is 11.3 Å². The Kier molecular flexibility index (Phi) is 8.09. The van der Waals surface area contributed by atoms with Crippen LogP contribution in [0.2, 0.25) is 5.02 Å². The van der Waals surface area contributed by atoms with E-state index in [9.17, 15) is 4.79 Å². The van der Waals surface area contributed by atoms with Crippen LogP contribution in [0, 0.1) is 6.92 Å². The molecule has 152 valence electrons. The summed E-state index contributed by atoms with van der Waals surface area (Å²) in [6.45, 7) is 3.08. The number of carbonyl (C=O) groups is 1. The summed E-state index contributed by atoms with van der Waals surface area (Å²) < 4.78 is 6.53. The average Bonchev–Trinajstić information content (AvgIpc) is 3.13. The third kappa shape index (κ3) is 6.84. The molecular formula is C22H22BrClN2O2S. The molecule has 0 unspecified atom stereocenters. The van der Waals surface area contributed by atoms with Gasteiger partial charge in [-0.3, -0.25) is 4.79 Å². The summed E-state index contributed by atoms with van der Waals surface area (Å²) in [5.41, 5.74) is 3.32. The van der Waals surface area contributed by atoms with Gasteiger partial charge in [0.2, 0.25) is 5.91 Å². The number of thiazole rings is 1. The van der Waals surface area contributed by atoms with Gasteiger partial charge in [0.1, 0.15) is 5.75 Å². The number of aryl methyl sites for hydroxylation is 1. The second-order valence-electron chi connectivity index (χ2n) is 6.58. The molecule has 0 aliphatic rings. The van der Waals surface area contributed by atoms with Gasteiger partial charge in [0.05, 0.1) is 22.3 Å². The van der Waals surface area contributed by atoms with Crippen molar-refractivity contribution in [3.05, 3.63) is 67.9 Å². The minimum Gasteiger partial charge on any atom is -0.492 e. The molecule has 1 amide bonds. The van der Waals surface area contributed by atoms with Crippen LogP contribution in [0.15, 0.2) is 52.3 Å². The first-order valence-corrected chi connectivity index (χ1v) is 11.4. The number of hydrogen-bond acceptors (Lipinski definition) is 4. The first kappa shape index (κ1) is 21.8. The number of benzene rings is 2. The van der Waals surface area contributed by atoms with Crippen LogP contribution in [0.5, 0.6) is 5.75 Å². The van der Waals surface area contributed by atoms with E-state index in [0.717, 1.165) is 27.2 Å². The summed E-state index contributed by atoms with van der Waals surface area (Å²) in [5, 5.41) is 6.65. The normalized spacial score (nSPS) is 10.7. The average molecular weight is 494 g/mol. The molecule has 1 N–H and O–H groups in total. The van der Waals surface area contributed by atoms with E-state index < -0.39 is 0 Å². The van der Waals surface area contributed by atoms with Gasteiger partial charge in [0.25, 0.3) is 0 Å². The van der Waals surface area contributed by atoms with Gasteiger partial charge in [0.15, 0.2) is 0 Å². The summed E-state index contributed by atoms with van der Waals surface area (Å²) in [7, 11) is 0. The molecule has 0 saturated heterocycles. The summed E-state index contributed by atoms with van der Waals surface area (Å²) >= 11 is 11.1. The molecule has 1 heterocycles. The van der Waals surface area contributed by atoms with Crippen LogP contribution >= 0.6 is 38.9 Å². The third-order valence-electron chi connectivity index (χ3n) is 4.30. The van der Waals surface area contributed by atoms with Crippen molar-refractivity contribution in [2.75, 3.05) is 13.2 Å². The molecule has 3 aromatic rings. The standard InChI is InChI=1S/C22H22BrClN2O2S/c1-15-26-20(14-29-15)17-6-4-16(5-7-17)10-11-25-22(27)3-2-12-28-21-9-8-18(23)13-19(21)24/h4-9,13-14H,2-3,10-12H2,1H3,(H,25,27). The number of rotatable bonds is 9. The lowest BCUT2D eigenvalue weighted by Crippen LogP contribution is -2.25. The molecule has 0 spiro atoms. The van der Waals surface area contributed by atoms with Crippen molar-refractivity contribution in [2.24, 2.45) is 0 Å². The van der Waals surface area contributed by atoms with Crippen molar-refractivity contribution in [1.29, 1.82) is 0 Å². The molecule has 2 aromatic carbocycles. The van der Waals surface area contributed by atoms with Gasteiger partial charge in [-0.1, -0.05) is 51.8 Å². The number of amides is 1. The van der Waals surface area contributed by atoms with Crippen LogP contribution in [0.3, 0.4) is 0 Å².